The van der Waals surface area contributed by atoms with E-state index in [1.165, 1.54) is 10.4 Å². The summed E-state index contributed by atoms with van der Waals surface area (Å²) >= 11 is 13.7. The van der Waals surface area contributed by atoms with E-state index in [0.717, 1.165) is 46.7 Å². The van der Waals surface area contributed by atoms with Crippen molar-refractivity contribution in [3.05, 3.63) is 79.6 Å². The molecule has 1 aliphatic carbocycles. The highest BCUT2D eigenvalue weighted by molar-refractivity contribution is 7.16. The van der Waals surface area contributed by atoms with Crippen molar-refractivity contribution >= 4 is 45.8 Å². The van der Waals surface area contributed by atoms with Crippen LogP contribution >= 0.6 is 34.5 Å². The summed E-state index contributed by atoms with van der Waals surface area (Å²) in [6.45, 7) is 0.371. The summed E-state index contributed by atoms with van der Waals surface area (Å²) in [5.41, 5.74) is 3.78. The van der Waals surface area contributed by atoms with E-state index in [9.17, 15) is 5.26 Å². The lowest BCUT2D eigenvalue weighted by Gasteiger charge is -2.08. The number of rotatable bonds is 5. The van der Waals surface area contributed by atoms with Gasteiger partial charge in [0.15, 0.2) is 0 Å². The van der Waals surface area contributed by atoms with E-state index in [-0.39, 0.29) is 0 Å². The Morgan fingerprint density at radius 3 is 2.71 bits per heavy atom. The Balaban J connectivity index is 1.42. The lowest BCUT2D eigenvalue weighted by molar-refractivity contribution is 0.306. The smallest absolute Gasteiger partial charge is 0.134 e. The van der Waals surface area contributed by atoms with Gasteiger partial charge in [0, 0.05) is 26.7 Å². The highest BCUT2D eigenvalue weighted by atomic mass is 35.5. The maximum Gasteiger partial charge on any atom is 0.134 e. The number of hydrogen-bond donors (Lipinski definition) is 0. The molecule has 0 unspecified atom stereocenters. The molecule has 0 N–H and O–H groups in total. The van der Waals surface area contributed by atoms with Crippen molar-refractivity contribution in [1.82, 2.24) is 0 Å². The number of halogens is 2. The summed E-state index contributed by atoms with van der Waals surface area (Å²) < 4.78 is 5.80. The van der Waals surface area contributed by atoms with Crippen LogP contribution in [0.3, 0.4) is 0 Å². The maximum absolute atomic E-state index is 9.44. The van der Waals surface area contributed by atoms with Crippen LogP contribution in [0.5, 0.6) is 5.75 Å². The molecule has 0 fully saturated rings. The summed E-state index contributed by atoms with van der Waals surface area (Å²) in [5, 5.41) is 11.4. The van der Waals surface area contributed by atoms with Gasteiger partial charge in [0.25, 0.3) is 0 Å². The van der Waals surface area contributed by atoms with Crippen LogP contribution in [0, 0.1) is 11.3 Å². The number of ether oxygens (including phenoxy) is 1. The van der Waals surface area contributed by atoms with Gasteiger partial charge >= 0.3 is 0 Å². The molecule has 1 aromatic heterocycles. The molecule has 0 bridgehead atoms. The Labute approximate surface area is 177 Å². The minimum Gasteiger partial charge on any atom is -0.489 e. The zero-order valence-electron chi connectivity index (χ0n) is 14.9. The zero-order chi connectivity index (χ0) is 19.5. The van der Waals surface area contributed by atoms with Crippen molar-refractivity contribution in [3.8, 4) is 11.8 Å². The van der Waals surface area contributed by atoms with Crippen molar-refractivity contribution in [2.45, 2.75) is 25.9 Å². The molecule has 1 aliphatic rings. The van der Waals surface area contributed by atoms with Gasteiger partial charge in [-0.1, -0.05) is 29.3 Å². The van der Waals surface area contributed by atoms with Crippen molar-refractivity contribution in [2.75, 3.05) is 0 Å². The van der Waals surface area contributed by atoms with E-state index < -0.39 is 0 Å². The predicted molar refractivity (Wildman–Crippen MR) is 116 cm³/mol. The molecule has 1 heterocycles. The third-order valence-electron chi connectivity index (χ3n) is 4.63. The maximum atomic E-state index is 9.44. The number of benzene rings is 2. The minimum absolute atomic E-state index is 0.371. The summed E-state index contributed by atoms with van der Waals surface area (Å²) in [6, 6.07) is 15.3. The number of thiophene rings is 1. The van der Waals surface area contributed by atoms with Gasteiger partial charge in [-0.2, -0.15) is 5.26 Å². The summed E-state index contributed by atoms with van der Waals surface area (Å²) in [4.78, 5) is 5.87. The van der Waals surface area contributed by atoms with Gasteiger partial charge in [-0.05, 0) is 66.8 Å². The monoisotopic (exact) mass is 426 g/mol. The van der Waals surface area contributed by atoms with Gasteiger partial charge in [-0.25, -0.2) is 4.99 Å². The first-order valence-corrected chi connectivity index (χ1v) is 10.5. The molecule has 140 valence electrons. The molecule has 0 saturated carbocycles. The Morgan fingerprint density at radius 2 is 1.96 bits per heavy atom. The van der Waals surface area contributed by atoms with E-state index in [1.54, 1.807) is 29.7 Å². The Morgan fingerprint density at radius 1 is 1.14 bits per heavy atom. The van der Waals surface area contributed by atoms with Crippen molar-refractivity contribution in [3.63, 3.8) is 0 Å². The average molecular weight is 427 g/mol. The Bertz CT molecular complexity index is 1080. The normalized spacial score (nSPS) is 12.9. The van der Waals surface area contributed by atoms with Crippen LogP contribution in [-0.2, 0) is 19.4 Å². The van der Waals surface area contributed by atoms with Crippen molar-refractivity contribution < 1.29 is 4.74 Å². The van der Waals surface area contributed by atoms with Gasteiger partial charge in [0.1, 0.15) is 23.4 Å². The first kappa shape index (κ1) is 19.0. The fraction of sp³-hybridized carbons (Fsp3) is 0.182. The molecular formula is C22H16Cl2N2OS. The molecule has 28 heavy (non-hydrogen) atoms. The zero-order valence-corrected chi connectivity index (χ0v) is 17.2. The van der Waals surface area contributed by atoms with Gasteiger partial charge in [0.2, 0.25) is 0 Å². The topological polar surface area (TPSA) is 45.4 Å². The predicted octanol–water partition coefficient (Wildman–Crippen LogP) is 6.74. The lowest BCUT2D eigenvalue weighted by atomic mass is 10.1. The largest absolute Gasteiger partial charge is 0.489 e. The third-order valence-corrected chi connectivity index (χ3v) is 6.42. The van der Waals surface area contributed by atoms with Gasteiger partial charge < -0.3 is 4.74 Å². The highest BCUT2D eigenvalue weighted by Crippen LogP contribution is 2.40. The van der Waals surface area contributed by atoms with Gasteiger partial charge in [-0.3, -0.25) is 0 Å². The number of nitrogens with zero attached hydrogens (tertiary/aromatic N) is 2. The van der Waals surface area contributed by atoms with E-state index in [1.807, 2.05) is 30.3 Å². The molecule has 0 radical (unpaired) electrons. The van der Waals surface area contributed by atoms with Gasteiger partial charge in [-0.15, -0.1) is 11.3 Å². The number of hydrogen-bond acceptors (Lipinski definition) is 4. The molecule has 0 spiro atoms. The van der Waals surface area contributed by atoms with Crippen LogP contribution in [0.4, 0.5) is 5.00 Å². The molecule has 4 rings (SSSR count). The second-order valence-electron chi connectivity index (χ2n) is 6.50. The molecule has 3 aromatic rings. The fourth-order valence-corrected chi connectivity index (χ4v) is 4.83. The van der Waals surface area contributed by atoms with Crippen molar-refractivity contribution in [1.29, 1.82) is 5.26 Å². The van der Waals surface area contributed by atoms with Crippen LogP contribution in [0.2, 0.25) is 10.0 Å². The Kier molecular flexibility index (Phi) is 5.68. The van der Waals surface area contributed by atoms with Crippen LogP contribution in [0.1, 0.15) is 33.6 Å². The summed E-state index contributed by atoms with van der Waals surface area (Å²) in [6.07, 6.45) is 4.99. The molecule has 3 nitrogen and oxygen atoms in total. The number of nitriles is 1. The second-order valence-corrected chi connectivity index (χ2v) is 8.43. The van der Waals surface area contributed by atoms with Crippen LogP contribution in [0.15, 0.2) is 47.5 Å². The van der Waals surface area contributed by atoms with Gasteiger partial charge in [0.05, 0.1) is 5.56 Å². The first-order chi connectivity index (χ1) is 13.6. The molecule has 2 aromatic carbocycles. The molecule has 0 aliphatic heterocycles. The van der Waals surface area contributed by atoms with Crippen LogP contribution < -0.4 is 4.74 Å². The van der Waals surface area contributed by atoms with Crippen molar-refractivity contribution in [2.24, 2.45) is 4.99 Å². The quantitative estimate of drug-likeness (QED) is 0.423. The molecule has 0 amide bonds. The van der Waals surface area contributed by atoms with E-state index in [2.05, 4.69) is 11.1 Å². The fourth-order valence-electron chi connectivity index (χ4n) is 3.18. The highest BCUT2D eigenvalue weighted by Gasteiger charge is 2.21. The molecule has 6 heteroatoms. The second kappa shape index (κ2) is 8.36. The first-order valence-electron chi connectivity index (χ1n) is 8.89. The van der Waals surface area contributed by atoms with E-state index in [4.69, 9.17) is 27.9 Å². The third kappa shape index (κ3) is 4.07. The lowest BCUT2D eigenvalue weighted by Crippen LogP contribution is -1.96. The number of fused-ring (bicyclic) bond motifs is 1. The van der Waals surface area contributed by atoms with Crippen LogP contribution in [-0.4, -0.2) is 6.21 Å². The molecule has 0 atom stereocenters. The molecular weight excluding hydrogens is 411 g/mol. The van der Waals surface area contributed by atoms with Crippen LogP contribution in [0.25, 0.3) is 0 Å². The minimum atomic E-state index is 0.371. The summed E-state index contributed by atoms with van der Waals surface area (Å²) in [5.74, 6) is 0.746. The number of aliphatic imine (C=N–C) groups is 1. The average Bonchev–Trinajstić information content (AvgIpc) is 3.27. The van der Waals surface area contributed by atoms with E-state index >= 15 is 0 Å². The van der Waals surface area contributed by atoms with E-state index in [0.29, 0.717) is 16.7 Å². The SMILES string of the molecule is N#Cc1c(/N=C/c2ccc(OCc3ccc(Cl)cc3Cl)cc2)sc2c1CCC2. The number of aryl methyl sites for hydroxylation is 1. The Hall–Kier alpha value is -2.32. The molecule has 0 saturated heterocycles. The standard InChI is InChI=1S/C22H16Cl2N2OS/c23-16-7-6-15(20(24)10-16)13-27-17-8-4-14(5-9-17)12-26-22-19(11-25)18-2-1-3-21(18)28-22/h4-10,12H,1-3,13H2/b26-12+. The summed E-state index contributed by atoms with van der Waals surface area (Å²) in [7, 11) is 0.